The van der Waals surface area contributed by atoms with Gasteiger partial charge < -0.3 is 0 Å². The van der Waals surface area contributed by atoms with Crippen molar-refractivity contribution in [3.8, 4) is 0 Å². The minimum absolute atomic E-state index is 0.162. The maximum Gasteiger partial charge on any atom is 0.153 e. The predicted octanol–water partition coefficient (Wildman–Crippen LogP) is 4.15. The van der Waals surface area contributed by atoms with Crippen molar-refractivity contribution in [3.05, 3.63) is 0 Å². The van der Waals surface area contributed by atoms with Crippen LogP contribution in [0.3, 0.4) is 0 Å². The van der Waals surface area contributed by atoms with E-state index < -0.39 is 8.67 Å². The van der Waals surface area contributed by atoms with Crippen molar-refractivity contribution in [2.75, 3.05) is 0 Å². The molecule has 4 heteroatoms. The number of alkyl halides is 4. The van der Waals surface area contributed by atoms with Gasteiger partial charge in [-0.25, -0.2) is 0 Å². The van der Waals surface area contributed by atoms with Gasteiger partial charge in [0.1, 0.15) is 0 Å². The molecular formula is C7H10Cl4. The first-order chi connectivity index (χ1) is 4.88. The van der Waals surface area contributed by atoms with Crippen LogP contribution in [0.15, 0.2) is 0 Å². The average molecular weight is 236 g/mol. The molecule has 1 fully saturated rings. The van der Waals surface area contributed by atoms with Gasteiger partial charge in [0.25, 0.3) is 0 Å². The molecule has 1 aliphatic rings. The van der Waals surface area contributed by atoms with Crippen molar-refractivity contribution in [2.24, 2.45) is 5.92 Å². The molecule has 0 aromatic carbocycles. The van der Waals surface area contributed by atoms with Crippen LogP contribution in [0.1, 0.15) is 26.2 Å². The molecule has 11 heavy (non-hydrogen) atoms. The maximum atomic E-state index is 6.02. The maximum absolute atomic E-state index is 6.02. The summed E-state index contributed by atoms with van der Waals surface area (Å²) in [6, 6.07) is 0. The Kier molecular flexibility index (Phi) is 2.92. The Morgan fingerprint density at radius 2 is 1.73 bits per heavy atom. The van der Waals surface area contributed by atoms with Gasteiger partial charge in [-0.05, 0) is 25.2 Å². The fraction of sp³-hybridized carbons (Fsp3) is 1.00. The van der Waals surface area contributed by atoms with Gasteiger partial charge in [-0.1, -0.05) is 53.3 Å². The van der Waals surface area contributed by atoms with Gasteiger partial charge in [0.2, 0.25) is 0 Å². The Morgan fingerprint density at radius 3 is 2.09 bits per heavy atom. The number of hydrogen-bond donors (Lipinski definition) is 0. The zero-order valence-electron chi connectivity index (χ0n) is 6.21. The third-order valence-electron chi connectivity index (χ3n) is 2.23. The zero-order chi connectivity index (χ0) is 8.70. The Morgan fingerprint density at radius 1 is 1.18 bits per heavy atom. The predicted molar refractivity (Wildman–Crippen MR) is 51.9 cm³/mol. The van der Waals surface area contributed by atoms with E-state index >= 15 is 0 Å². The van der Waals surface area contributed by atoms with Gasteiger partial charge in [-0.15, -0.1) is 0 Å². The van der Waals surface area contributed by atoms with E-state index in [2.05, 4.69) is 0 Å². The number of rotatable bonds is 0. The van der Waals surface area contributed by atoms with Crippen LogP contribution in [0.2, 0.25) is 0 Å². The zero-order valence-corrected chi connectivity index (χ0v) is 9.23. The molecule has 1 unspecified atom stereocenters. The lowest BCUT2D eigenvalue weighted by atomic mass is 9.89. The fourth-order valence-corrected chi connectivity index (χ4v) is 2.39. The van der Waals surface area contributed by atoms with Crippen LogP contribution < -0.4 is 0 Å². The van der Waals surface area contributed by atoms with Gasteiger partial charge in [0.15, 0.2) is 8.67 Å². The summed E-state index contributed by atoms with van der Waals surface area (Å²) in [5.41, 5.74) is 0. The fourth-order valence-electron chi connectivity index (χ4n) is 1.34. The second-order valence-corrected chi connectivity index (χ2v) is 5.99. The van der Waals surface area contributed by atoms with E-state index in [0.29, 0.717) is 6.42 Å². The highest BCUT2D eigenvalue weighted by Crippen LogP contribution is 2.54. The highest BCUT2D eigenvalue weighted by Gasteiger charge is 2.52. The molecule has 0 radical (unpaired) electrons. The van der Waals surface area contributed by atoms with Gasteiger partial charge in [-0.2, -0.15) is 0 Å². The molecule has 0 heterocycles. The Hall–Kier alpha value is 1.16. The van der Waals surface area contributed by atoms with Gasteiger partial charge in [0.05, 0.1) is 0 Å². The van der Waals surface area contributed by atoms with Crippen molar-refractivity contribution in [1.29, 1.82) is 0 Å². The first kappa shape index (κ1) is 10.2. The van der Waals surface area contributed by atoms with E-state index in [9.17, 15) is 0 Å². The molecule has 66 valence electrons. The summed E-state index contributed by atoms with van der Waals surface area (Å²) in [4.78, 5) is 0. The second kappa shape index (κ2) is 3.14. The standard InChI is InChI=1S/C7H10Cl4/c1-5-3-2-4-6(8,9)7(5,10)11/h5H,2-4H2,1H3. The van der Waals surface area contributed by atoms with Crippen molar-refractivity contribution in [1.82, 2.24) is 0 Å². The summed E-state index contributed by atoms with van der Waals surface area (Å²) in [5.74, 6) is 0.162. The molecule has 1 atom stereocenters. The monoisotopic (exact) mass is 234 g/mol. The van der Waals surface area contributed by atoms with Crippen LogP contribution in [-0.4, -0.2) is 8.67 Å². The minimum Gasteiger partial charge on any atom is -0.0983 e. The van der Waals surface area contributed by atoms with E-state index in [1.165, 1.54) is 0 Å². The third-order valence-corrected chi connectivity index (χ3v) is 4.99. The van der Waals surface area contributed by atoms with Crippen molar-refractivity contribution in [3.63, 3.8) is 0 Å². The van der Waals surface area contributed by atoms with Crippen molar-refractivity contribution < 1.29 is 0 Å². The average Bonchev–Trinajstić information content (AvgIpc) is 1.84. The molecule has 0 aliphatic heterocycles. The highest BCUT2D eigenvalue weighted by atomic mass is 35.5. The lowest BCUT2D eigenvalue weighted by Crippen LogP contribution is -2.45. The molecule has 0 N–H and O–H groups in total. The van der Waals surface area contributed by atoms with E-state index in [4.69, 9.17) is 46.4 Å². The summed E-state index contributed by atoms with van der Waals surface area (Å²) in [6.07, 6.45) is 2.66. The largest absolute Gasteiger partial charge is 0.153 e. The van der Waals surface area contributed by atoms with E-state index in [-0.39, 0.29) is 5.92 Å². The van der Waals surface area contributed by atoms with Crippen LogP contribution >= 0.6 is 46.4 Å². The molecule has 0 amide bonds. The van der Waals surface area contributed by atoms with Crippen LogP contribution in [0.4, 0.5) is 0 Å². The van der Waals surface area contributed by atoms with Crippen molar-refractivity contribution >= 4 is 46.4 Å². The van der Waals surface area contributed by atoms with Gasteiger partial charge in [0, 0.05) is 0 Å². The topological polar surface area (TPSA) is 0 Å². The molecule has 1 rings (SSSR count). The van der Waals surface area contributed by atoms with Crippen LogP contribution in [0, 0.1) is 5.92 Å². The van der Waals surface area contributed by atoms with E-state index in [0.717, 1.165) is 12.8 Å². The minimum atomic E-state index is -0.992. The van der Waals surface area contributed by atoms with E-state index in [1.54, 1.807) is 0 Å². The molecule has 0 nitrogen and oxygen atoms in total. The molecule has 0 aromatic heterocycles. The third kappa shape index (κ3) is 1.75. The summed E-state index contributed by atoms with van der Waals surface area (Å²) in [6.45, 7) is 1.97. The highest BCUT2D eigenvalue weighted by molar-refractivity contribution is 6.62. The number of hydrogen-bond acceptors (Lipinski definition) is 0. The quantitative estimate of drug-likeness (QED) is 0.554. The summed E-state index contributed by atoms with van der Waals surface area (Å²) in [5, 5.41) is 0. The molecule has 1 saturated carbocycles. The smallest absolute Gasteiger partial charge is 0.0983 e. The molecular weight excluding hydrogens is 226 g/mol. The summed E-state index contributed by atoms with van der Waals surface area (Å²) in [7, 11) is 0. The molecule has 0 spiro atoms. The Balaban J connectivity index is 2.82. The summed E-state index contributed by atoms with van der Waals surface area (Å²) < 4.78 is -1.97. The normalized spacial score (nSPS) is 35.2. The van der Waals surface area contributed by atoms with Gasteiger partial charge in [-0.3, -0.25) is 0 Å². The van der Waals surface area contributed by atoms with Crippen LogP contribution in [0.5, 0.6) is 0 Å². The molecule has 1 aliphatic carbocycles. The lowest BCUT2D eigenvalue weighted by molar-refractivity contribution is 0.344. The SMILES string of the molecule is CC1CCCC(Cl)(Cl)C1(Cl)Cl. The lowest BCUT2D eigenvalue weighted by Gasteiger charge is -2.41. The Labute approximate surface area is 87.1 Å². The number of halogens is 4. The first-order valence-corrected chi connectivity index (χ1v) is 5.15. The van der Waals surface area contributed by atoms with Crippen LogP contribution in [-0.2, 0) is 0 Å². The van der Waals surface area contributed by atoms with Crippen molar-refractivity contribution in [2.45, 2.75) is 34.9 Å². The Bertz CT molecular complexity index is 153. The molecule has 0 aromatic rings. The molecule has 0 bridgehead atoms. The van der Waals surface area contributed by atoms with E-state index in [1.807, 2.05) is 6.92 Å². The summed E-state index contributed by atoms with van der Waals surface area (Å²) >= 11 is 24.0. The molecule has 0 saturated heterocycles. The second-order valence-electron chi connectivity index (χ2n) is 3.12. The van der Waals surface area contributed by atoms with Gasteiger partial charge >= 0.3 is 0 Å². The first-order valence-electron chi connectivity index (χ1n) is 3.63. The van der Waals surface area contributed by atoms with Crippen LogP contribution in [0.25, 0.3) is 0 Å².